The van der Waals surface area contributed by atoms with Gasteiger partial charge in [0, 0.05) is 6.20 Å². The van der Waals surface area contributed by atoms with Crippen LogP contribution in [0.3, 0.4) is 0 Å². The first-order valence-electron chi connectivity index (χ1n) is 6.70. The highest BCUT2D eigenvalue weighted by molar-refractivity contribution is 6.34. The minimum Gasteiger partial charge on any atom is -0.309 e. The third-order valence-electron chi connectivity index (χ3n) is 3.18. The van der Waals surface area contributed by atoms with Crippen LogP contribution >= 0.6 is 23.2 Å². The van der Waals surface area contributed by atoms with Crippen molar-refractivity contribution in [3.63, 3.8) is 0 Å². The second-order valence-corrected chi connectivity index (χ2v) is 5.66. The molecule has 1 aromatic heterocycles. The van der Waals surface area contributed by atoms with Gasteiger partial charge < -0.3 is 5.32 Å². The molecule has 1 unspecified atom stereocenters. The van der Waals surface area contributed by atoms with Crippen molar-refractivity contribution >= 4 is 23.2 Å². The van der Waals surface area contributed by atoms with Crippen LogP contribution in [-0.2, 0) is 6.42 Å². The Labute approximate surface area is 130 Å². The molecule has 0 saturated carbocycles. The molecule has 0 aliphatic carbocycles. The third kappa shape index (κ3) is 3.95. The number of likely N-dealkylation sites (N-methyl/N-ethyl adjacent to an activating group) is 1. The van der Waals surface area contributed by atoms with Gasteiger partial charge in [-0.2, -0.15) is 0 Å². The van der Waals surface area contributed by atoms with E-state index in [0.717, 1.165) is 18.7 Å². The number of aromatic nitrogens is 1. The average molecular weight is 309 g/mol. The molecular formula is C16H18Cl2N2. The molecule has 0 fully saturated rings. The Kier molecular flexibility index (Phi) is 5.41. The van der Waals surface area contributed by atoms with Gasteiger partial charge in [0.15, 0.2) is 0 Å². The average Bonchev–Trinajstić information content (AvgIpc) is 2.41. The van der Waals surface area contributed by atoms with E-state index in [2.05, 4.69) is 48.4 Å². The van der Waals surface area contributed by atoms with Gasteiger partial charge in [0.2, 0.25) is 0 Å². The molecule has 0 saturated heterocycles. The van der Waals surface area contributed by atoms with Crippen LogP contribution < -0.4 is 5.32 Å². The van der Waals surface area contributed by atoms with Crippen molar-refractivity contribution in [3.8, 4) is 0 Å². The maximum Gasteiger partial charge on any atom is 0.0763 e. The highest BCUT2D eigenvalue weighted by Gasteiger charge is 2.16. The van der Waals surface area contributed by atoms with Crippen LogP contribution in [0.5, 0.6) is 0 Å². The van der Waals surface area contributed by atoms with Crippen LogP contribution in [0.15, 0.2) is 36.5 Å². The van der Waals surface area contributed by atoms with Crippen molar-refractivity contribution in [1.29, 1.82) is 0 Å². The molecule has 0 aliphatic rings. The molecule has 20 heavy (non-hydrogen) atoms. The fraction of sp³-hybridized carbons (Fsp3) is 0.312. The molecule has 0 amide bonds. The van der Waals surface area contributed by atoms with Crippen LogP contribution in [0.25, 0.3) is 0 Å². The lowest BCUT2D eigenvalue weighted by Gasteiger charge is -2.19. The normalized spacial score (nSPS) is 12.4. The maximum atomic E-state index is 6.26. The van der Waals surface area contributed by atoms with Gasteiger partial charge in [-0.25, -0.2) is 0 Å². The molecule has 1 N–H and O–H groups in total. The topological polar surface area (TPSA) is 24.9 Å². The van der Waals surface area contributed by atoms with Crippen LogP contribution in [0.1, 0.15) is 29.8 Å². The Bertz CT molecular complexity index is 567. The van der Waals surface area contributed by atoms with Crippen molar-refractivity contribution in [2.45, 2.75) is 26.3 Å². The first kappa shape index (κ1) is 15.3. The summed E-state index contributed by atoms with van der Waals surface area (Å²) in [6.45, 7) is 5.02. The summed E-state index contributed by atoms with van der Waals surface area (Å²) in [5.41, 5.74) is 3.37. The van der Waals surface area contributed by atoms with E-state index in [1.54, 1.807) is 12.3 Å². The summed E-state index contributed by atoms with van der Waals surface area (Å²) in [7, 11) is 0. The summed E-state index contributed by atoms with van der Waals surface area (Å²) in [4.78, 5) is 4.38. The number of nitrogens with one attached hydrogen (secondary N) is 1. The molecule has 4 heteroatoms. The summed E-state index contributed by atoms with van der Waals surface area (Å²) in [5, 5.41) is 4.60. The van der Waals surface area contributed by atoms with Crippen LogP contribution in [0.2, 0.25) is 10.0 Å². The molecule has 1 aromatic carbocycles. The molecule has 106 valence electrons. The maximum absolute atomic E-state index is 6.26. The molecular weight excluding hydrogens is 291 g/mol. The first-order valence-corrected chi connectivity index (χ1v) is 7.45. The zero-order chi connectivity index (χ0) is 14.5. The SMILES string of the molecule is CCNC(Cc1ccc(C)cc1)c1ncc(Cl)cc1Cl. The van der Waals surface area contributed by atoms with Crippen molar-refractivity contribution < 1.29 is 0 Å². The fourth-order valence-corrected chi connectivity index (χ4v) is 2.67. The second-order valence-electron chi connectivity index (χ2n) is 4.82. The van der Waals surface area contributed by atoms with Crippen molar-refractivity contribution in [2.75, 3.05) is 6.54 Å². The molecule has 0 spiro atoms. The lowest BCUT2D eigenvalue weighted by atomic mass is 10.0. The largest absolute Gasteiger partial charge is 0.309 e. The molecule has 1 heterocycles. The van der Waals surface area contributed by atoms with Gasteiger partial charge >= 0.3 is 0 Å². The van der Waals surface area contributed by atoms with Crippen molar-refractivity contribution in [1.82, 2.24) is 10.3 Å². The van der Waals surface area contributed by atoms with E-state index in [-0.39, 0.29) is 6.04 Å². The van der Waals surface area contributed by atoms with E-state index in [1.165, 1.54) is 11.1 Å². The Hall–Kier alpha value is -1.09. The van der Waals surface area contributed by atoms with E-state index in [4.69, 9.17) is 23.2 Å². The summed E-state index contributed by atoms with van der Waals surface area (Å²) >= 11 is 12.2. The number of hydrogen-bond acceptors (Lipinski definition) is 2. The summed E-state index contributed by atoms with van der Waals surface area (Å²) in [5.74, 6) is 0. The molecule has 0 aliphatic heterocycles. The van der Waals surface area contributed by atoms with Crippen LogP contribution in [-0.4, -0.2) is 11.5 Å². The predicted octanol–water partition coefficient (Wildman–Crippen LogP) is 4.59. The van der Waals surface area contributed by atoms with E-state index >= 15 is 0 Å². The number of pyridine rings is 1. The lowest BCUT2D eigenvalue weighted by Crippen LogP contribution is -2.24. The highest BCUT2D eigenvalue weighted by atomic mass is 35.5. The third-order valence-corrected chi connectivity index (χ3v) is 3.69. The zero-order valence-electron chi connectivity index (χ0n) is 11.7. The Morgan fingerprint density at radius 3 is 2.50 bits per heavy atom. The highest BCUT2D eigenvalue weighted by Crippen LogP contribution is 2.26. The van der Waals surface area contributed by atoms with Gasteiger partial charge in [-0.1, -0.05) is 60.0 Å². The Morgan fingerprint density at radius 1 is 1.20 bits per heavy atom. The van der Waals surface area contributed by atoms with E-state index in [1.807, 2.05) is 0 Å². The smallest absolute Gasteiger partial charge is 0.0763 e. The minimum atomic E-state index is 0.0903. The molecule has 2 rings (SSSR count). The number of hydrogen-bond donors (Lipinski definition) is 1. The number of rotatable bonds is 5. The van der Waals surface area contributed by atoms with Gasteiger partial charge in [-0.05, 0) is 31.5 Å². The molecule has 0 radical (unpaired) electrons. The summed E-state index contributed by atoms with van der Waals surface area (Å²) < 4.78 is 0. The van der Waals surface area contributed by atoms with Crippen molar-refractivity contribution in [3.05, 3.63) is 63.4 Å². The summed E-state index contributed by atoms with van der Waals surface area (Å²) in [6.07, 6.45) is 2.49. The van der Waals surface area contributed by atoms with E-state index in [0.29, 0.717) is 10.0 Å². The molecule has 2 nitrogen and oxygen atoms in total. The predicted molar refractivity (Wildman–Crippen MR) is 85.6 cm³/mol. The Morgan fingerprint density at radius 2 is 1.90 bits per heavy atom. The molecule has 1 atom stereocenters. The van der Waals surface area contributed by atoms with Crippen molar-refractivity contribution in [2.24, 2.45) is 0 Å². The van der Waals surface area contributed by atoms with Gasteiger partial charge in [-0.3, -0.25) is 4.98 Å². The van der Waals surface area contributed by atoms with Crippen LogP contribution in [0.4, 0.5) is 0 Å². The minimum absolute atomic E-state index is 0.0903. The quantitative estimate of drug-likeness (QED) is 0.874. The summed E-state index contributed by atoms with van der Waals surface area (Å²) in [6, 6.07) is 10.4. The molecule has 0 bridgehead atoms. The monoisotopic (exact) mass is 308 g/mol. The number of benzene rings is 1. The lowest BCUT2D eigenvalue weighted by molar-refractivity contribution is 0.537. The van der Waals surface area contributed by atoms with E-state index < -0.39 is 0 Å². The first-order chi connectivity index (χ1) is 9.60. The van der Waals surface area contributed by atoms with Gasteiger partial charge in [-0.15, -0.1) is 0 Å². The standard InChI is InChI=1S/C16H18Cl2N2/c1-3-19-15(8-12-6-4-11(2)5-7-12)16-14(18)9-13(17)10-20-16/h4-7,9-10,15,19H,3,8H2,1-2H3. The second kappa shape index (κ2) is 7.07. The fourth-order valence-electron chi connectivity index (χ4n) is 2.15. The number of aryl methyl sites for hydroxylation is 1. The zero-order valence-corrected chi connectivity index (χ0v) is 13.2. The van der Waals surface area contributed by atoms with Gasteiger partial charge in [0.05, 0.1) is 21.8 Å². The van der Waals surface area contributed by atoms with Gasteiger partial charge in [0.1, 0.15) is 0 Å². The van der Waals surface area contributed by atoms with E-state index in [9.17, 15) is 0 Å². The van der Waals surface area contributed by atoms with Crippen LogP contribution in [0, 0.1) is 6.92 Å². The number of halogens is 2. The Balaban J connectivity index is 2.24. The van der Waals surface area contributed by atoms with Gasteiger partial charge in [0.25, 0.3) is 0 Å². The molecule has 2 aromatic rings. The number of nitrogens with zero attached hydrogens (tertiary/aromatic N) is 1.